The largest absolute Gasteiger partial charge is 0.504 e. The van der Waals surface area contributed by atoms with Gasteiger partial charge in [-0.2, -0.15) is 9.78 Å². The number of alkyl halides is 3. The second-order valence-electron chi connectivity index (χ2n) is 3.04. The Morgan fingerprint density at radius 2 is 2.06 bits per heavy atom. The molecule has 1 aromatic carbocycles. The lowest BCUT2D eigenvalue weighted by molar-refractivity contribution is -0.384. The van der Waals surface area contributed by atoms with E-state index < -0.39 is 11.2 Å². The van der Waals surface area contributed by atoms with Gasteiger partial charge in [0.05, 0.1) is 10.4 Å². The smallest absolute Gasteiger partial charge is 0.258 e. The van der Waals surface area contributed by atoms with E-state index in [0.717, 1.165) is 12.1 Å². The van der Waals surface area contributed by atoms with Crippen molar-refractivity contribution in [3.05, 3.63) is 34.5 Å². The molecular weight excluding hydrogens is 227 g/mol. The molecule has 1 heterocycles. The molecule has 0 aliphatic carbocycles. The molecular formula is C8H4F3N3O2. The van der Waals surface area contributed by atoms with Crippen molar-refractivity contribution >= 4 is 16.6 Å². The second-order valence-corrected chi connectivity index (χ2v) is 3.04. The van der Waals surface area contributed by atoms with Crippen LogP contribution in [0.1, 0.15) is 0 Å². The Morgan fingerprint density at radius 1 is 1.38 bits per heavy atom. The summed E-state index contributed by atoms with van der Waals surface area (Å²) >= 11 is 0. The first-order chi connectivity index (χ1) is 7.38. The van der Waals surface area contributed by atoms with Gasteiger partial charge in [-0.1, -0.05) is 0 Å². The summed E-state index contributed by atoms with van der Waals surface area (Å²) in [5.74, 6) is 0. The van der Waals surface area contributed by atoms with Crippen molar-refractivity contribution in [2.75, 3.05) is 0 Å². The van der Waals surface area contributed by atoms with E-state index in [1.54, 1.807) is 0 Å². The Bertz CT molecular complexity index is 561. The second kappa shape index (κ2) is 3.19. The van der Waals surface area contributed by atoms with E-state index in [-0.39, 0.29) is 21.3 Å². The summed E-state index contributed by atoms with van der Waals surface area (Å²) in [5.41, 5.74) is -0.211. The van der Waals surface area contributed by atoms with Crippen LogP contribution in [0.3, 0.4) is 0 Å². The monoisotopic (exact) mass is 231 g/mol. The lowest BCUT2D eigenvalue weighted by Gasteiger charge is -2.03. The highest BCUT2D eigenvalue weighted by atomic mass is 19.4. The molecule has 84 valence electrons. The molecule has 0 fully saturated rings. The highest BCUT2D eigenvalue weighted by molar-refractivity contribution is 5.80. The molecule has 0 spiro atoms. The summed E-state index contributed by atoms with van der Waals surface area (Å²) < 4.78 is 36.6. The van der Waals surface area contributed by atoms with Gasteiger partial charge in [0.25, 0.3) is 5.69 Å². The van der Waals surface area contributed by atoms with Crippen LogP contribution < -0.4 is 0 Å². The zero-order valence-electron chi connectivity index (χ0n) is 7.60. The fourth-order valence-electron chi connectivity index (χ4n) is 1.26. The number of nitro groups is 1. The maximum Gasteiger partial charge on any atom is 0.504 e. The van der Waals surface area contributed by atoms with Crippen LogP contribution in [0.5, 0.6) is 0 Å². The normalized spacial score (nSPS) is 11.9. The zero-order chi connectivity index (χ0) is 11.9. The van der Waals surface area contributed by atoms with E-state index in [9.17, 15) is 23.3 Å². The predicted molar refractivity (Wildman–Crippen MR) is 47.7 cm³/mol. The minimum absolute atomic E-state index is 0.0583. The van der Waals surface area contributed by atoms with E-state index in [2.05, 4.69) is 5.10 Å². The maximum atomic E-state index is 12.3. The van der Waals surface area contributed by atoms with Crippen molar-refractivity contribution in [1.29, 1.82) is 0 Å². The van der Waals surface area contributed by atoms with Crippen LogP contribution in [0.4, 0.5) is 18.9 Å². The number of nitrogens with zero attached hydrogens (tertiary/aromatic N) is 3. The van der Waals surface area contributed by atoms with Crippen LogP contribution in [-0.2, 0) is 6.30 Å². The molecule has 5 nitrogen and oxygen atoms in total. The first kappa shape index (κ1) is 10.4. The molecule has 0 saturated heterocycles. The molecule has 0 aliphatic rings. The fraction of sp³-hybridized carbons (Fsp3) is 0.125. The van der Waals surface area contributed by atoms with Crippen LogP contribution in [-0.4, -0.2) is 14.7 Å². The van der Waals surface area contributed by atoms with Gasteiger partial charge in [0.1, 0.15) is 0 Å². The Labute approximate surface area is 86.2 Å². The lowest BCUT2D eigenvalue weighted by atomic mass is 10.2. The van der Waals surface area contributed by atoms with Gasteiger partial charge in [0.2, 0.25) is 0 Å². The fourth-order valence-corrected chi connectivity index (χ4v) is 1.26. The number of hydrogen-bond donors (Lipinski definition) is 0. The predicted octanol–water partition coefficient (Wildman–Crippen LogP) is 2.42. The topological polar surface area (TPSA) is 61.0 Å². The van der Waals surface area contributed by atoms with E-state index in [4.69, 9.17) is 0 Å². The van der Waals surface area contributed by atoms with Gasteiger partial charge in [0.15, 0.2) is 0 Å². The summed E-state index contributed by atoms with van der Waals surface area (Å²) in [7, 11) is 0. The molecule has 0 bridgehead atoms. The van der Waals surface area contributed by atoms with Gasteiger partial charge in [-0.05, 0) is 6.07 Å². The SMILES string of the molecule is O=[N+]([O-])c1ccc2nn(C(F)(F)F)cc2c1. The van der Waals surface area contributed by atoms with E-state index in [0.29, 0.717) is 6.20 Å². The molecule has 2 aromatic rings. The van der Waals surface area contributed by atoms with Crippen LogP contribution in [0.15, 0.2) is 24.4 Å². The van der Waals surface area contributed by atoms with Crippen molar-refractivity contribution in [1.82, 2.24) is 9.78 Å². The average molecular weight is 231 g/mol. The van der Waals surface area contributed by atoms with Crippen molar-refractivity contribution in [3.63, 3.8) is 0 Å². The van der Waals surface area contributed by atoms with Crippen LogP contribution in [0.25, 0.3) is 10.9 Å². The van der Waals surface area contributed by atoms with Gasteiger partial charge in [-0.15, -0.1) is 13.2 Å². The number of non-ortho nitro benzene ring substituents is 1. The number of rotatable bonds is 1. The Kier molecular flexibility index (Phi) is 2.07. The van der Waals surface area contributed by atoms with Gasteiger partial charge >= 0.3 is 6.30 Å². The van der Waals surface area contributed by atoms with Crippen molar-refractivity contribution in [3.8, 4) is 0 Å². The standard InChI is InChI=1S/C8H4F3N3O2/c9-8(10,11)13-4-5-3-6(14(15)16)1-2-7(5)12-13/h1-4H. The quantitative estimate of drug-likeness (QED) is 0.559. The molecule has 16 heavy (non-hydrogen) atoms. The van der Waals surface area contributed by atoms with Gasteiger partial charge in [-0.3, -0.25) is 10.1 Å². The highest BCUT2D eigenvalue weighted by Crippen LogP contribution is 2.26. The highest BCUT2D eigenvalue weighted by Gasteiger charge is 2.32. The Hall–Kier alpha value is -2.12. The van der Waals surface area contributed by atoms with Gasteiger partial charge in [-0.25, -0.2) is 0 Å². The maximum absolute atomic E-state index is 12.3. The summed E-state index contributed by atoms with van der Waals surface area (Å²) in [6, 6.07) is 3.33. The van der Waals surface area contributed by atoms with E-state index >= 15 is 0 Å². The van der Waals surface area contributed by atoms with Crippen molar-refractivity contribution in [2.45, 2.75) is 6.30 Å². The first-order valence-electron chi connectivity index (χ1n) is 4.09. The third-order valence-corrected chi connectivity index (χ3v) is 1.96. The minimum atomic E-state index is -4.62. The van der Waals surface area contributed by atoms with Crippen LogP contribution in [0.2, 0.25) is 0 Å². The molecule has 8 heteroatoms. The molecule has 0 amide bonds. The molecule has 0 atom stereocenters. The number of fused-ring (bicyclic) bond motifs is 1. The number of benzene rings is 1. The average Bonchev–Trinajstić information content (AvgIpc) is 2.58. The number of hydrogen-bond acceptors (Lipinski definition) is 3. The molecule has 2 rings (SSSR count). The molecule has 0 radical (unpaired) electrons. The molecule has 1 aromatic heterocycles. The number of nitro benzene ring substituents is 1. The van der Waals surface area contributed by atoms with E-state index in [1.807, 2.05) is 0 Å². The third kappa shape index (κ3) is 1.69. The summed E-state index contributed by atoms with van der Waals surface area (Å²) in [6.07, 6.45) is -3.91. The summed E-state index contributed by atoms with van der Waals surface area (Å²) in [5, 5.41) is 13.7. The summed E-state index contributed by atoms with van der Waals surface area (Å²) in [6.45, 7) is 0. The molecule has 0 saturated carbocycles. The third-order valence-electron chi connectivity index (χ3n) is 1.96. The van der Waals surface area contributed by atoms with Crippen molar-refractivity contribution < 1.29 is 18.1 Å². The lowest BCUT2D eigenvalue weighted by Crippen LogP contribution is -2.16. The minimum Gasteiger partial charge on any atom is -0.258 e. The van der Waals surface area contributed by atoms with Gasteiger partial charge in [0, 0.05) is 23.7 Å². The number of halogens is 3. The Balaban J connectivity index is 2.59. The zero-order valence-corrected chi connectivity index (χ0v) is 7.60. The van der Waals surface area contributed by atoms with Crippen LogP contribution in [0, 0.1) is 10.1 Å². The first-order valence-corrected chi connectivity index (χ1v) is 4.09. The molecule has 0 unspecified atom stereocenters. The van der Waals surface area contributed by atoms with Gasteiger partial charge < -0.3 is 0 Å². The molecule has 0 aliphatic heterocycles. The Morgan fingerprint density at radius 3 is 2.62 bits per heavy atom. The van der Waals surface area contributed by atoms with Crippen LogP contribution >= 0.6 is 0 Å². The molecule has 0 N–H and O–H groups in total. The number of aromatic nitrogens is 2. The van der Waals surface area contributed by atoms with Crippen molar-refractivity contribution in [2.24, 2.45) is 0 Å². The van der Waals surface area contributed by atoms with E-state index in [1.165, 1.54) is 6.07 Å². The summed E-state index contributed by atoms with van der Waals surface area (Å²) in [4.78, 5) is 9.73.